The molecular weight excluding hydrogens is 540 g/mol. The van der Waals surface area contributed by atoms with E-state index in [0.29, 0.717) is 58.7 Å². The molecule has 2 aromatic carbocycles. The van der Waals surface area contributed by atoms with Gasteiger partial charge in [-0.15, -0.1) is 0 Å². The molecule has 2 atom stereocenters. The van der Waals surface area contributed by atoms with Gasteiger partial charge in [-0.05, 0) is 68.5 Å². The quantitative estimate of drug-likeness (QED) is 0.303. The number of aromatic nitrogens is 1. The van der Waals surface area contributed by atoms with Crippen molar-refractivity contribution in [2.24, 2.45) is 11.8 Å². The lowest BCUT2D eigenvalue weighted by Crippen LogP contribution is -2.45. The maximum atomic E-state index is 13.5. The number of nitrogens with zero attached hydrogens (tertiary/aromatic N) is 2. The minimum atomic E-state index is -4.45. The van der Waals surface area contributed by atoms with Gasteiger partial charge in [0.25, 0.3) is 5.91 Å². The Bertz CT molecular complexity index is 1400. The summed E-state index contributed by atoms with van der Waals surface area (Å²) < 4.78 is 47.1. The monoisotopic (exact) mass is 568 g/mol. The Labute approximate surface area is 229 Å². The number of hydrogen-bond acceptors (Lipinski definition) is 3. The number of amides is 1. The fraction of sp³-hybridized carbons (Fsp3) is 0.429. The third-order valence-electron chi connectivity index (χ3n) is 7.22. The van der Waals surface area contributed by atoms with Crippen molar-refractivity contribution in [1.29, 1.82) is 0 Å². The van der Waals surface area contributed by atoms with Gasteiger partial charge in [0, 0.05) is 35.3 Å². The second-order valence-corrected chi connectivity index (χ2v) is 10.7. The van der Waals surface area contributed by atoms with Crippen LogP contribution in [0, 0.1) is 25.7 Å². The predicted octanol–water partition coefficient (Wildman–Crippen LogP) is 7.29. The van der Waals surface area contributed by atoms with E-state index in [2.05, 4.69) is 0 Å². The average molecular weight is 569 g/mol. The van der Waals surface area contributed by atoms with Gasteiger partial charge in [-0.2, -0.15) is 13.2 Å². The number of carbonyl (C=O) groups excluding carboxylic acids is 2. The van der Waals surface area contributed by atoms with Crippen molar-refractivity contribution in [1.82, 2.24) is 9.47 Å². The largest absolute Gasteiger partial charge is 0.466 e. The molecule has 4 rings (SSSR count). The van der Waals surface area contributed by atoms with Crippen LogP contribution in [0.3, 0.4) is 0 Å². The van der Waals surface area contributed by atoms with Crippen molar-refractivity contribution in [2.45, 2.75) is 46.8 Å². The molecular formula is C28H29Cl2F3N2O3. The molecule has 1 fully saturated rings. The van der Waals surface area contributed by atoms with Crippen LogP contribution in [-0.2, 0) is 22.3 Å². The Morgan fingerprint density at radius 2 is 1.84 bits per heavy atom. The maximum absolute atomic E-state index is 13.5. The summed E-state index contributed by atoms with van der Waals surface area (Å²) >= 11 is 13.3. The number of ether oxygens (including phenoxy) is 1. The van der Waals surface area contributed by atoms with E-state index in [0.717, 1.165) is 12.1 Å². The summed E-state index contributed by atoms with van der Waals surface area (Å²) in [6.45, 7) is 8.34. The van der Waals surface area contributed by atoms with Gasteiger partial charge in [0.15, 0.2) is 0 Å². The number of halogens is 5. The first-order chi connectivity index (χ1) is 17.8. The molecule has 5 nitrogen and oxygen atoms in total. The van der Waals surface area contributed by atoms with E-state index in [1.165, 1.54) is 0 Å². The first-order valence-corrected chi connectivity index (χ1v) is 13.2. The number of rotatable bonds is 5. The van der Waals surface area contributed by atoms with Gasteiger partial charge in [0.1, 0.15) is 0 Å². The summed E-state index contributed by atoms with van der Waals surface area (Å²) in [6, 6.07) is 5.47. The zero-order valence-corrected chi connectivity index (χ0v) is 23.1. The lowest BCUT2D eigenvalue weighted by molar-refractivity contribution is -0.151. The van der Waals surface area contributed by atoms with Crippen molar-refractivity contribution < 1.29 is 27.5 Å². The molecule has 0 N–H and O–H groups in total. The zero-order valence-electron chi connectivity index (χ0n) is 21.6. The van der Waals surface area contributed by atoms with E-state index in [1.807, 2.05) is 11.5 Å². The minimum absolute atomic E-state index is 0.0731. The van der Waals surface area contributed by atoms with Crippen LogP contribution in [0.2, 0.25) is 10.0 Å². The van der Waals surface area contributed by atoms with E-state index in [1.54, 1.807) is 44.0 Å². The lowest BCUT2D eigenvalue weighted by atomic mass is 9.86. The number of aryl methyl sites for hydroxylation is 2. The number of esters is 1. The summed E-state index contributed by atoms with van der Waals surface area (Å²) in [5.41, 5.74) is 1.90. The number of fused-ring (bicyclic) bond motifs is 1. The molecule has 0 saturated carbocycles. The van der Waals surface area contributed by atoms with E-state index in [4.69, 9.17) is 27.9 Å². The molecule has 0 spiro atoms. The van der Waals surface area contributed by atoms with E-state index >= 15 is 0 Å². The first-order valence-electron chi connectivity index (χ1n) is 12.4. The molecule has 0 radical (unpaired) electrons. The van der Waals surface area contributed by atoms with Gasteiger partial charge < -0.3 is 14.2 Å². The summed E-state index contributed by atoms with van der Waals surface area (Å²) in [5.74, 6) is -0.842. The Morgan fingerprint density at radius 3 is 2.47 bits per heavy atom. The summed E-state index contributed by atoms with van der Waals surface area (Å²) in [6.07, 6.45) is -2.18. The second-order valence-electron chi connectivity index (χ2n) is 9.89. The van der Waals surface area contributed by atoms with Crippen LogP contribution in [-0.4, -0.2) is 41.0 Å². The minimum Gasteiger partial charge on any atom is -0.466 e. The van der Waals surface area contributed by atoms with E-state index in [-0.39, 0.29) is 40.8 Å². The number of benzene rings is 2. The Morgan fingerprint density at radius 1 is 1.13 bits per heavy atom. The van der Waals surface area contributed by atoms with E-state index in [9.17, 15) is 22.8 Å². The second kappa shape index (κ2) is 10.8. The maximum Gasteiger partial charge on any atom is 0.416 e. The highest BCUT2D eigenvalue weighted by Gasteiger charge is 2.35. The normalized spacial score (nSPS) is 18.2. The number of alkyl halides is 3. The molecule has 1 saturated heterocycles. The topological polar surface area (TPSA) is 51.5 Å². The summed E-state index contributed by atoms with van der Waals surface area (Å²) in [5, 5.41) is 1.05. The van der Waals surface area contributed by atoms with E-state index < -0.39 is 11.7 Å². The van der Waals surface area contributed by atoms with Crippen LogP contribution < -0.4 is 0 Å². The van der Waals surface area contributed by atoms with Crippen LogP contribution in [0.25, 0.3) is 10.9 Å². The highest BCUT2D eigenvalue weighted by Crippen LogP contribution is 2.37. The van der Waals surface area contributed by atoms with Gasteiger partial charge >= 0.3 is 12.1 Å². The molecule has 1 aliphatic rings. The molecule has 204 valence electrons. The Balaban J connectivity index is 1.63. The van der Waals surface area contributed by atoms with Crippen molar-refractivity contribution in [3.8, 4) is 0 Å². The summed E-state index contributed by atoms with van der Waals surface area (Å²) in [7, 11) is 0. The number of piperidine rings is 1. The standard InChI is InChI=1S/C28H29Cl2F3N2O3/c1-5-38-27(37)19-8-9-34(12-16(19)3)26(36)20-6-7-23(29)22(24(20)30)14-35-13-17(4)21-11-18(28(31,32)33)10-15(2)25(21)35/h6-7,10-11,13,16,19H,5,8-9,12,14H2,1-4H3/t16-,19+/m0/s1. The smallest absolute Gasteiger partial charge is 0.416 e. The van der Waals surface area contributed by atoms with Crippen LogP contribution >= 0.6 is 23.2 Å². The Kier molecular flexibility index (Phi) is 8.05. The van der Waals surface area contributed by atoms with Crippen LogP contribution in [0.1, 0.15) is 52.9 Å². The highest BCUT2D eigenvalue weighted by molar-refractivity contribution is 6.38. The zero-order chi connectivity index (χ0) is 27.9. The van der Waals surface area contributed by atoms with Crippen molar-refractivity contribution in [3.05, 3.63) is 68.3 Å². The van der Waals surface area contributed by atoms with Gasteiger partial charge in [0.05, 0.1) is 40.7 Å². The molecule has 1 amide bonds. The highest BCUT2D eigenvalue weighted by atomic mass is 35.5. The van der Waals surface area contributed by atoms with Crippen molar-refractivity contribution in [3.63, 3.8) is 0 Å². The third-order valence-corrected chi connectivity index (χ3v) is 8.00. The molecule has 38 heavy (non-hydrogen) atoms. The van der Waals surface area contributed by atoms with Crippen LogP contribution in [0.5, 0.6) is 0 Å². The third kappa shape index (κ3) is 5.38. The fourth-order valence-electron chi connectivity index (χ4n) is 5.30. The van der Waals surface area contributed by atoms with Gasteiger partial charge in [0.2, 0.25) is 0 Å². The molecule has 10 heteroatoms. The number of carbonyl (C=O) groups is 2. The first kappa shape index (κ1) is 28.3. The molecule has 0 unspecified atom stereocenters. The van der Waals surface area contributed by atoms with Gasteiger partial charge in [-0.25, -0.2) is 0 Å². The number of hydrogen-bond donors (Lipinski definition) is 0. The van der Waals surface area contributed by atoms with Gasteiger partial charge in [-0.3, -0.25) is 9.59 Å². The molecule has 0 aliphatic carbocycles. The molecule has 2 heterocycles. The molecule has 1 aliphatic heterocycles. The van der Waals surface area contributed by atoms with Crippen LogP contribution in [0.4, 0.5) is 13.2 Å². The molecule has 0 bridgehead atoms. The summed E-state index contributed by atoms with van der Waals surface area (Å²) in [4.78, 5) is 27.4. The average Bonchev–Trinajstić information content (AvgIpc) is 3.16. The fourth-order valence-corrected chi connectivity index (χ4v) is 5.87. The van der Waals surface area contributed by atoms with Crippen molar-refractivity contribution in [2.75, 3.05) is 19.7 Å². The predicted molar refractivity (Wildman–Crippen MR) is 142 cm³/mol. The lowest BCUT2D eigenvalue weighted by Gasteiger charge is -2.36. The Hall–Kier alpha value is -2.71. The SMILES string of the molecule is CCOC(=O)[C@@H]1CCN(C(=O)c2ccc(Cl)c(Cn3cc(C)c4cc(C(F)(F)F)cc(C)c43)c2Cl)C[C@@H]1C. The van der Waals surface area contributed by atoms with Crippen molar-refractivity contribution >= 4 is 46.0 Å². The number of likely N-dealkylation sites (tertiary alicyclic amines) is 1. The molecule has 3 aromatic rings. The van der Waals surface area contributed by atoms with Crippen LogP contribution in [0.15, 0.2) is 30.5 Å². The molecule has 1 aromatic heterocycles. The van der Waals surface area contributed by atoms with Gasteiger partial charge in [-0.1, -0.05) is 30.1 Å².